The third-order valence-electron chi connectivity index (χ3n) is 4.97. The Morgan fingerprint density at radius 2 is 1.86 bits per heavy atom. The van der Waals surface area contributed by atoms with Crippen molar-refractivity contribution >= 4 is 5.97 Å². The lowest BCUT2D eigenvalue weighted by Gasteiger charge is -2.37. The Balaban J connectivity index is 1.89. The fraction of sp³-hybridized carbons (Fsp3) is 0.682. The summed E-state index contributed by atoms with van der Waals surface area (Å²) >= 11 is 0. The van der Waals surface area contributed by atoms with E-state index in [-0.39, 0.29) is 30.3 Å². The number of morpholine rings is 1. The Labute approximate surface area is 174 Å². The van der Waals surface area contributed by atoms with Crippen molar-refractivity contribution in [1.29, 1.82) is 0 Å². The minimum atomic E-state index is -0.314. The third kappa shape index (κ3) is 6.87. The first-order valence-electron chi connectivity index (χ1n) is 10.4. The van der Waals surface area contributed by atoms with E-state index >= 15 is 0 Å². The zero-order valence-corrected chi connectivity index (χ0v) is 18.6. The first-order valence-corrected chi connectivity index (χ1v) is 10.4. The molecular weight excluding hydrogens is 372 g/mol. The molecule has 0 bridgehead atoms. The predicted octanol–water partition coefficient (Wildman–Crippen LogP) is 2.64. The van der Waals surface area contributed by atoms with Gasteiger partial charge in [0.25, 0.3) is 0 Å². The lowest BCUT2D eigenvalue weighted by molar-refractivity contribution is -0.172. The number of ether oxygens (including phenoxy) is 4. The molecule has 1 aliphatic heterocycles. The van der Waals surface area contributed by atoms with Crippen LogP contribution in [0.4, 0.5) is 0 Å². The maximum atomic E-state index is 12.6. The van der Waals surface area contributed by atoms with Crippen LogP contribution in [0.2, 0.25) is 0 Å². The van der Waals surface area contributed by atoms with E-state index in [1.165, 1.54) is 0 Å². The van der Waals surface area contributed by atoms with Crippen LogP contribution in [-0.2, 0) is 14.3 Å². The van der Waals surface area contributed by atoms with Gasteiger partial charge in [0, 0.05) is 13.1 Å². The molecule has 1 heterocycles. The number of benzene rings is 1. The molecule has 0 amide bonds. The van der Waals surface area contributed by atoms with Gasteiger partial charge in [-0.3, -0.25) is 14.6 Å². The molecule has 0 radical (unpaired) electrons. The minimum absolute atomic E-state index is 0.102. The maximum absolute atomic E-state index is 12.6. The molecule has 1 fully saturated rings. The van der Waals surface area contributed by atoms with Crippen molar-refractivity contribution < 1.29 is 23.7 Å². The minimum Gasteiger partial charge on any atom is -0.490 e. The Hall–Kier alpha value is -1.83. The number of likely N-dealkylation sites (N-methyl/N-ethyl adjacent to an activating group) is 1. The number of para-hydroxylation sites is 2. The van der Waals surface area contributed by atoms with E-state index in [0.29, 0.717) is 32.1 Å². The standard InChI is InChI=1S/C22H36N2O5/c1-7-26-19-10-8-9-11-20(19)28-15-18-14-24(12-13-27-18)17(4)29-22(25)21(16(2)3)23(5)6/h8-11,16-18,21H,7,12-15H2,1-6H3/t17?,18?,21-/m0/s1. The van der Waals surface area contributed by atoms with E-state index < -0.39 is 0 Å². The molecule has 2 unspecified atom stereocenters. The Kier molecular flexibility index (Phi) is 9.20. The Bertz CT molecular complexity index is 629. The molecule has 0 spiro atoms. The summed E-state index contributed by atoms with van der Waals surface area (Å²) in [6.07, 6.45) is -0.417. The van der Waals surface area contributed by atoms with E-state index in [1.807, 2.05) is 71.0 Å². The van der Waals surface area contributed by atoms with Crippen LogP contribution >= 0.6 is 0 Å². The molecule has 3 atom stereocenters. The fourth-order valence-electron chi connectivity index (χ4n) is 3.59. The molecule has 7 heteroatoms. The van der Waals surface area contributed by atoms with E-state index in [2.05, 4.69) is 4.90 Å². The molecule has 0 aromatic heterocycles. The highest BCUT2D eigenvalue weighted by atomic mass is 16.6. The molecule has 1 aliphatic rings. The largest absolute Gasteiger partial charge is 0.490 e. The van der Waals surface area contributed by atoms with Crippen LogP contribution < -0.4 is 9.47 Å². The van der Waals surface area contributed by atoms with Crippen molar-refractivity contribution in [3.05, 3.63) is 24.3 Å². The molecule has 1 aromatic rings. The molecule has 164 valence electrons. The molecular formula is C22H36N2O5. The number of hydrogen-bond donors (Lipinski definition) is 0. The summed E-state index contributed by atoms with van der Waals surface area (Å²) in [4.78, 5) is 16.6. The second kappa shape index (κ2) is 11.4. The number of carbonyl (C=O) groups excluding carboxylic acids is 1. The first kappa shape index (κ1) is 23.4. The highest BCUT2D eigenvalue weighted by Crippen LogP contribution is 2.27. The lowest BCUT2D eigenvalue weighted by atomic mass is 10.0. The summed E-state index contributed by atoms with van der Waals surface area (Å²) in [5, 5.41) is 0. The number of nitrogens with zero attached hydrogens (tertiary/aromatic N) is 2. The van der Waals surface area contributed by atoms with Crippen molar-refractivity contribution in [2.24, 2.45) is 5.92 Å². The number of carbonyl (C=O) groups is 1. The van der Waals surface area contributed by atoms with E-state index in [1.54, 1.807) is 0 Å². The molecule has 0 N–H and O–H groups in total. The maximum Gasteiger partial charge on any atom is 0.325 e. The highest BCUT2D eigenvalue weighted by Gasteiger charge is 2.31. The van der Waals surface area contributed by atoms with Gasteiger partial charge in [-0.25, -0.2) is 0 Å². The summed E-state index contributed by atoms with van der Waals surface area (Å²) in [5.74, 6) is 1.43. The molecule has 0 aliphatic carbocycles. The van der Waals surface area contributed by atoms with Gasteiger partial charge in [-0.2, -0.15) is 0 Å². The Morgan fingerprint density at radius 3 is 2.45 bits per heavy atom. The summed E-state index contributed by atoms with van der Waals surface area (Å²) < 4.78 is 23.2. The number of esters is 1. The van der Waals surface area contributed by atoms with Gasteiger partial charge in [-0.15, -0.1) is 0 Å². The van der Waals surface area contributed by atoms with E-state index in [0.717, 1.165) is 12.3 Å². The van der Waals surface area contributed by atoms with Crippen LogP contribution in [0.15, 0.2) is 24.3 Å². The Morgan fingerprint density at radius 1 is 1.21 bits per heavy atom. The van der Waals surface area contributed by atoms with Crippen molar-refractivity contribution in [3.63, 3.8) is 0 Å². The predicted molar refractivity (Wildman–Crippen MR) is 112 cm³/mol. The van der Waals surface area contributed by atoms with Gasteiger partial charge in [0.2, 0.25) is 0 Å². The zero-order chi connectivity index (χ0) is 21.4. The van der Waals surface area contributed by atoms with Crippen molar-refractivity contribution in [2.45, 2.75) is 46.1 Å². The molecule has 1 saturated heterocycles. The van der Waals surface area contributed by atoms with Crippen LogP contribution in [0.5, 0.6) is 11.5 Å². The topological polar surface area (TPSA) is 60.5 Å². The monoisotopic (exact) mass is 408 g/mol. The van der Waals surface area contributed by atoms with Gasteiger partial charge in [-0.05, 0) is 46.0 Å². The van der Waals surface area contributed by atoms with E-state index in [4.69, 9.17) is 18.9 Å². The van der Waals surface area contributed by atoms with Gasteiger partial charge < -0.3 is 18.9 Å². The van der Waals surface area contributed by atoms with Crippen LogP contribution in [0.1, 0.15) is 27.7 Å². The van der Waals surface area contributed by atoms with Crippen LogP contribution in [0.25, 0.3) is 0 Å². The second-order valence-corrected chi connectivity index (χ2v) is 7.87. The van der Waals surface area contributed by atoms with Crippen molar-refractivity contribution in [1.82, 2.24) is 9.80 Å². The molecule has 7 nitrogen and oxygen atoms in total. The van der Waals surface area contributed by atoms with Crippen LogP contribution in [-0.4, -0.2) is 81.1 Å². The van der Waals surface area contributed by atoms with Crippen LogP contribution in [0, 0.1) is 5.92 Å². The van der Waals surface area contributed by atoms with E-state index in [9.17, 15) is 4.79 Å². The number of rotatable bonds is 10. The van der Waals surface area contributed by atoms with Gasteiger partial charge in [0.1, 0.15) is 18.8 Å². The fourth-order valence-corrected chi connectivity index (χ4v) is 3.59. The summed E-state index contributed by atoms with van der Waals surface area (Å²) in [6.45, 7) is 10.8. The molecule has 1 aromatic carbocycles. The third-order valence-corrected chi connectivity index (χ3v) is 4.97. The molecule has 0 saturated carbocycles. The number of hydrogen-bond acceptors (Lipinski definition) is 7. The van der Waals surface area contributed by atoms with Gasteiger partial charge in [0.05, 0.1) is 13.2 Å². The van der Waals surface area contributed by atoms with Crippen molar-refractivity contribution in [2.75, 3.05) is 47.0 Å². The normalized spacial score (nSPS) is 19.8. The average molecular weight is 409 g/mol. The second-order valence-electron chi connectivity index (χ2n) is 7.87. The summed E-state index contributed by atoms with van der Waals surface area (Å²) in [6, 6.07) is 7.37. The van der Waals surface area contributed by atoms with Crippen LogP contribution in [0.3, 0.4) is 0 Å². The molecule has 2 rings (SSSR count). The van der Waals surface area contributed by atoms with Gasteiger partial charge in [0.15, 0.2) is 17.7 Å². The van der Waals surface area contributed by atoms with Crippen molar-refractivity contribution in [3.8, 4) is 11.5 Å². The van der Waals surface area contributed by atoms with Gasteiger partial charge >= 0.3 is 5.97 Å². The molecule has 29 heavy (non-hydrogen) atoms. The SMILES string of the molecule is CCOc1ccccc1OCC1CN(C(C)OC(=O)[C@H](C(C)C)N(C)C)CCO1. The zero-order valence-electron chi connectivity index (χ0n) is 18.6. The summed E-state index contributed by atoms with van der Waals surface area (Å²) in [5.41, 5.74) is 0. The highest BCUT2D eigenvalue weighted by molar-refractivity contribution is 5.76. The smallest absolute Gasteiger partial charge is 0.325 e. The summed E-state index contributed by atoms with van der Waals surface area (Å²) in [7, 11) is 3.80. The lowest BCUT2D eigenvalue weighted by Crippen LogP contribution is -2.51. The van der Waals surface area contributed by atoms with Gasteiger partial charge in [-0.1, -0.05) is 26.0 Å². The first-order chi connectivity index (χ1) is 13.8. The quantitative estimate of drug-likeness (QED) is 0.552. The average Bonchev–Trinajstić information content (AvgIpc) is 2.67.